The molecule has 3 nitrogen and oxygen atoms in total. The molecule has 1 N–H and O–H groups in total. The Morgan fingerprint density at radius 3 is 2.81 bits per heavy atom. The van der Waals surface area contributed by atoms with E-state index in [4.69, 9.17) is 0 Å². The molecule has 1 heterocycles. The van der Waals surface area contributed by atoms with E-state index < -0.39 is 0 Å². The van der Waals surface area contributed by atoms with Gasteiger partial charge in [-0.15, -0.1) is 0 Å². The third-order valence-electron chi connectivity index (χ3n) is 3.07. The van der Waals surface area contributed by atoms with Crippen LogP contribution in [0.5, 0.6) is 0 Å². The van der Waals surface area contributed by atoms with E-state index >= 15 is 0 Å². The van der Waals surface area contributed by atoms with Crippen molar-refractivity contribution >= 4 is 38.4 Å². The summed E-state index contributed by atoms with van der Waals surface area (Å²) in [6.07, 6.45) is 1.68. The van der Waals surface area contributed by atoms with Gasteiger partial charge in [-0.3, -0.25) is 9.78 Å². The van der Waals surface area contributed by atoms with Crippen LogP contribution in [0.15, 0.2) is 59.2 Å². The van der Waals surface area contributed by atoms with Gasteiger partial charge in [0.25, 0.3) is 5.91 Å². The monoisotopic (exact) mass is 344 g/mol. The number of carbonyl (C=O) groups excluding carboxylic acids is 1. The van der Waals surface area contributed by atoms with Gasteiger partial charge in [0.1, 0.15) is 5.82 Å². The molecule has 0 saturated heterocycles. The fourth-order valence-corrected chi connectivity index (χ4v) is 2.53. The van der Waals surface area contributed by atoms with Gasteiger partial charge in [0.15, 0.2) is 0 Å². The van der Waals surface area contributed by atoms with Crippen molar-refractivity contribution in [2.75, 3.05) is 5.32 Å². The Hall–Kier alpha value is -2.27. The topological polar surface area (TPSA) is 42.0 Å². The number of hydrogen-bond acceptors (Lipinski definition) is 2. The number of halogens is 2. The number of aromatic nitrogens is 1. The zero-order valence-electron chi connectivity index (χ0n) is 10.8. The first-order chi connectivity index (χ1) is 10.1. The largest absolute Gasteiger partial charge is 0.321 e. The van der Waals surface area contributed by atoms with E-state index in [-0.39, 0.29) is 11.7 Å². The highest BCUT2D eigenvalue weighted by Gasteiger charge is 2.12. The van der Waals surface area contributed by atoms with Gasteiger partial charge in [-0.2, -0.15) is 0 Å². The van der Waals surface area contributed by atoms with Gasteiger partial charge in [-0.05, 0) is 52.3 Å². The quantitative estimate of drug-likeness (QED) is 0.749. The molecule has 5 heteroatoms. The van der Waals surface area contributed by atoms with E-state index in [2.05, 4.69) is 26.2 Å². The van der Waals surface area contributed by atoms with Crippen LogP contribution in [-0.2, 0) is 0 Å². The van der Waals surface area contributed by atoms with Crippen molar-refractivity contribution in [2.24, 2.45) is 0 Å². The molecular weight excluding hydrogens is 335 g/mol. The predicted octanol–water partition coefficient (Wildman–Crippen LogP) is 4.39. The SMILES string of the molecule is O=C(Nc1ccc(F)cc1Br)c1cccc2ncccc12. The van der Waals surface area contributed by atoms with Gasteiger partial charge in [0, 0.05) is 21.6 Å². The van der Waals surface area contributed by atoms with Crippen LogP contribution < -0.4 is 5.32 Å². The molecule has 3 aromatic rings. The second-order valence-corrected chi connectivity index (χ2v) is 5.31. The number of benzene rings is 2. The van der Waals surface area contributed by atoms with Gasteiger partial charge >= 0.3 is 0 Å². The van der Waals surface area contributed by atoms with E-state index in [9.17, 15) is 9.18 Å². The molecule has 2 aromatic carbocycles. The maximum Gasteiger partial charge on any atom is 0.256 e. The van der Waals surface area contributed by atoms with Crippen LogP contribution in [0.3, 0.4) is 0 Å². The smallest absolute Gasteiger partial charge is 0.256 e. The van der Waals surface area contributed by atoms with Gasteiger partial charge in [0.2, 0.25) is 0 Å². The molecule has 0 atom stereocenters. The molecule has 0 radical (unpaired) electrons. The first kappa shape index (κ1) is 13.7. The number of anilines is 1. The fraction of sp³-hybridized carbons (Fsp3) is 0. The predicted molar refractivity (Wildman–Crippen MR) is 83.8 cm³/mol. The van der Waals surface area contributed by atoms with E-state index in [1.54, 1.807) is 24.4 Å². The van der Waals surface area contributed by atoms with Crippen molar-refractivity contribution in [3.05, 3.63) is 70.6 Å². The summed E-state index contributed by atoms with van der Waals surface area (Å²) < 4.78 is 13.6. The van der Waals surface area contributed by atoms with Crippen molar-refractivity contribution in [3.63, 3.8) is 0 Å². The average Bonchev–Trinajstić information content (AvgIpc) is 2.49. The Bertz CT molecular complexity index is 830. The molecule has 0 spiro atoms. The molecule has 0 fully saturated rings. The molecule has 0 aliphatic heterocycles. The van der Waals surface area contributed by atoms with Crippen LogP contribution in [0, 0.1) is 5.82 Å². The lowest BCUT2D eigenvalue weighted by Gasteiger charge is -2.09. The summed E-state index contributed by atoms with van der Waals surface area (Å²) >= 11 is 3.23. The Kier molecular flexibility index (Phi) is 3.66. The van der Waals surface area contributed by atoms with Crippen molar-refractivity contribution in [1.29, 1.82) is 0 Å². The third kappa shape index (κ3) is 2.78. The first-order valence-electron chi connectivity index (χ1n) is 6.25. The molecule has 0 bridgehead atoms. The lowest BCUT2D eigenvalue weighted by Crippen LogP contribution is -2.13. The summed E-state index contributed by atoms with van der Waals surface area (Å²) in [7, 11) is 0. The Morgan fingerprint density at radius 2 is 2.00 bits per heavy atom. The third-order valence-corrected chi connectivity index (χ3v) is 3.73. The van der Waals surface area contributed by atoms with Gasteiger partial charge in [-0.1, -0.05) is 12.1 Å². The van der Waals surface area contributed by atoms with Crippen molar-refractivity contribution < 1.29 is 9.18 Å². The number of pyridine rings is 1. The molecule has 0 aliphatic rings. The normalized spacial score (nSPS) is 10.6. The minimum Gasteiger partial charge on any atom is -0.321 e. The van der Waals surface area contributed by atoms with Crippen LogP contribution in [0.1, 0.15) is 10.4 Å². The van der Waals surface area contributed by atoms with Crippen LogP contribution in [0.25, 0.3) is 10.9 Å². The van der Waals surface area contributed by atoms with Crippen LogP contribution >= 0.6 is 15.9 Å². The summed E-state index contributed by atoms with van der Waals surface area (Å²) in [5.74, 6) is -0.629. The summed E-state index contributed by atoms with van der Waals surface area (Å²) in [5, 5.41) is 3.54. The van der Waals surface area contributed by atoms with Crippen molar-refractivity contribution in [3.8, 4) is 0 Å². The Balaban J connectivity index is 1.97. The summed E-state index contributed by atoms with van der Waals surface area (Å²) in [6.45, 7) is 0. The minimum atomic E-state index is -0.366. The highest BCUT2D eigenvalue weighted by atomic mass is 79.9. The highest BCUT2D eigenvalue weighted by Crippen LogP contribution is 2.24. The lowest BCUT2D eigenvalue weighted by atomic mass is 10.1. The van der Waals surface area contributed by atoms with Crippen LogP contribution in [0.4, 0.5) is 10.1 Å². The van der Waals surface area contributed by atoms with Crippen molar-refractivity contribution in [2.45, 2.75) is 0 Å². The number of fused-ring (bicyclic) bond motifs is 1. The molecule has 1 amide bonds. The zero-order chi connectivity index (χ0) is 14.8. The number of carbonyl (C=O) groups is 1. The number of hydrogen-bond donors (Lipinski definition) is 1. The molecular formula is C16H10BrFN2O. The molecule has 104 valence electrons. The molecule has 21 heavy (non-hydrogen) atoms. The Labute approximate surface area is 128 Å². The van der Waals surface area contributed by atoms with Gasteiger partial charge in [-0.25, -0.2) is 4.39 Å². The van der Waals surface area contributed by atoms with Crippen molar-refractivity contribution in [1.82, 2.24) is 4.98 Å². The van der Waals surface area contributed by atoms with Gasteiger partial charge < -0.3 is 5.32 Å². The number of nitrogens with one attached hydrogen (secondary N) is 1. The van der Waals surface area contributed by atoms with Gasteiger partial charge in [0.05, 0.1) is 11.2 Å². The van der Waals surface area contributed by atoms with E-state index in [0.29, 0.717) is 15.7 Å². The van der Waals surface area contributed by atoms with E-state index in [1.165, 1.54) is 18.2 Å². The summed E-state index contributed by atoms with van der Waals surface area (Å²) in [5.41, 5.74) is 1.79. The molecule has 0 saturated carbocycles. The van der Waals surface area contributed by atoms with E-state index in [1.807, 2.05) is 12.1 Å². The highest BCUT2D eigenvalue weighted by molar-refractivity contribution is 9.10. The molecule has 1 aromatic heterocycles. The minimum absolute atomic E-state index is 0.263. The standard InChI is InChI=1S/C16H10BrFN2O/c17-13-9-10(18)6-7-15(13)20-16(21)12-3-1-5-14-11(12)4-2-8-19-14/h1-9H,(H,20,21). The molecule has 0 aliphatic carbocycles. The molecule has 3 rings (SSSR count). The zero-order valence-corrected chi connectivity index (χ0v) is 12.4. The fourth-order valence-electron chi connectivity index (χ4n) is 2.08. The second-order valence-electron chi connectivity index (χ2n) is 4.45. The van der Waals surface area contributed by atoms with Crippen LogP contribution in [-0.4, -0.2) is 10.9 Å². The number of rotatable bonds is 2. The van der Waals surface area contributed by atoms with E-state index in [0.717, 1.165) is 10.9 Å². The number of amides is 1. The maximum absolute atomic E-state index is 13.1. The molecule has 0 unspecified atom stereocenters. The number of nitrogens with zero attached hydrogens (tertiary/aromatic N) is 1. The Morgan fingerprint density at radius 1 is 1.14 bits per heavy atom. The average molecular weight is 345 g/mol. The summed E-state index contributed by atoms with van der Waals surface area (Å²) in [6, 6.07) is 13.1. The summed E-state index contributed by atoms with van der Waals surface area (Å²) in [4.78, 5) is 16.6. The maximum atomic E-state index is 13.1. The second kappa shape index (κ2) is 5.61. The lowest BCUT2D eigenvalue weighted by molar-refractivity contribution is 0.102. The van der Waals surface area contributed by atoms with Crippen LogP contribution in [0.2, 0.25) is 0 Å². The first-order valence-corrected chi connectivity index (χ1v) is 7.04.